The SMILES string of the molecule is N#CC1(C#N)C(c2cccc(Oc3ccccc3)c2)OC23CCCCC2C1(C#N)C(=N)O3. The van der Waals surface area contributed by atoms with Crippen LogP contribution in [0.2, 0.25) is 0 Å². The Bertz CT molecular complexity index is 1190. The maximum atomic E-state index is 10.3. The van der Waals surface area contributed by atoms with Crippen molar-refractivity contribution in [2.45, 2.75) is 37.6 Å². The van der Waals surface area contributed by atoms with Gasteiger partial charge in [0.05, 0.1) is 24.1 Å². The van der Waals surface area contributed by atoms with Crippen molar-refractivity contribution in [3.05, 3.63) is 60.2 Å². The summed E-state index contributed by atoms with van der Waals surface area (Å²) in [5, 5.41) is 39.5. The highest BCUT2D eigenvalue weighted by molar-refractivity contribution is 5.89. The molecule has 5 rings (SSSR count). The second-order valence-corrected chi connectivity index (χ2v) is 8.48. The van der Waals surface area contributed by atoms with Crippen LogP contribution in [0.15, 0.2) is 54.6 Å². The van der Waals surface area contributed by atoms with E-state index in [-0.39, 0.29) is 5.90 Å². The second kappa shape index (κ2) is 7.09. The molecule has 158 valence electrons. The topological polar surface area (TPSA) is 123 Å². The van der Waals surface area contributed by atoms with Crippen LogP contribution >= 0.6 is 0 Å². The Morgan fingerprint density at radius 2 is 1.69 bits per heavy atom. The van der Waals surface area contributed by atoms with Crippen molar-refractivity contribution in [1.29, 1.82) is 21.2 Å². The molecule has 0 spiro atoms. The molecule has 2 aromatic carbocycles. The Kier molecular flexibility index (Phi) is 4.45. The standard InChI is InChI=1S/C25H20N4O3/c26-14-23(15-27)21(17-7-6-10-19(13-17)30-18-8-2-1-3-9-18)31-25-12-5-4-11-20(25)24(23,16-28)22(29)32-25/h1-3,6-10,13,20-21,29H,4-5,11-12H2. The van der Waals surface area contributed by atoms with E-state index in [1.807, 2.05) is 30.3 Å². The van der Waals surface area contributed by atoms with E-state index in [0.717, 1.165) is 12.8 Å². The number of ether oxygens (including phenoxy) is 3. The molecule has 2 heterocycles. The van der Waals surface area contributed by atoms with E-state index in [1.165, 1.54) is 0 Å². The smallest absolute Gasteiger partial charge is 0.217 e. The minimum atomic E-state index is -1.94. The van der Waals surface area contributed by atoms with Crippen LogP contribution in [0.3, 0.4) is 0 Å². The molecule has 1 N–H and O–H groups in total. The number of para-hydroxylation sites is 1. The maximum Gasteiger partial charge on any atom is 0.217 e. The van der Waals surface area contributed by atoms with E-state index < -0.39 is 28.6 Å². The van der Waals surface area contributed by atoms with Crippen LogP contribution in [-0.2, 0) is 9.47 Å². The molecule has 3 aliphatic rings. The third-order valence-corrected chi connectivity index (χ3v) is 6.96. The number of nitrogens with zero attached hydrogens (tertiary/aromatic N) is 3. The predicted molar refractivity (Wildman–Crippen MR) is 112 cm³/mol. The van der Waals surface area contributed by atoms with Gasteiger partial charge in [-0.05, 0) is 42.7 Å². The summed E-state index contributed by atoms with van der Waals surface area (Å²) in [5.41, 5.74) is -3.11. The largest absolute Gasteiger partial charge is 0.457 e. The highest BCUT2D eigenvalue weighted by atomic mass is 16.7. The Balaban J connectivity index is 1.64. The first kappa shape index (κ1) is 20.1. The van der Waals surface area contributed by atoms with Gasteiger partial charge in [-0.3, -0.25) is 5.41 Å². The van der Waals surface area contributed by atoms with Crippen LogP contribution in [-0.4, -0.2) is 11.7 Å². The molecule has 0 radical (unpaired) electrons. The van der Waals surface area contributed by atoms with Crippen molar-refractivity contribution in [3.8, 4) is 29.7 Å². The first-order valence-electron chi connectivity index (χ1n) is 10.6. The van der Waals surface area contributed by atoms with Crippen molar-refractivity contribution < 1.29 is 14.2 Å². The van der Waals surface area contributed by atoms with Crippen molar-refractivity contribution in [2.24, 2.45) is 16.7 Å². The highest BCUT2D eigenvalue weighted by Gasteiger charge is 2.80. The zero-order valence-corrected chi connectivity index (χ0v) is 17.2. The molecule has 3 fully saturated rings. The fourth-order valence-electron chi connectivity index (χ4n) is 5.53. The fourth-order valence-corrected chi connectivity index (χ4v) is 5.53. The Labute approximate surface area is 185 Å². The lowest BCUT2D eigenvalue weighted by atomic mass is 9.51. The second-order valence-electron chi connectivity index (χ2n) is 8.48. The number of rotatable bonds is 3. The molecule has 2 bridgehead atoms. The van der Waals surface area contributed by atoms with E-state index in [0.29, 0.717) is 29.9 Å². The summed E-state index contributed by atoms with van der Waals surface area (Å²) in [5.74, 6) is -0.899. The van der Waals surface area contributed by atoms with Crippen LogP contribution in [0.25, 0.3) is 0 Å². The molecule has 1 saturated carbocycles. The zero-order chi connectivity index (χ0) is 22.4. The van der Waals surface area contributed by atoms with Crippen LogP contribution in [0.4, 0.5) is 0 Å². The van der Waals surface area contributed by atoms with Gasteiger partial charge in [-0.15, -0.1) is 0 Å². The normalized spacial score (nSPS) is 31.8. The number of nitriles is 3. The molecule has 32 heavy (non-hydrogen) atoms. The lowest BCUT2D eigenvalue weighted by molar-refractivity contribution is -0.294. The molecule has 2 aromatic rings. The summed E-state index contributed by atoms with van der Waals surface area (Å²) in [6.45, 7) is 0. The zero-order valence-electron chi connectivity index (χ0n) is 17.2. The maximum absolute atomic E-state index is 10.3. The van der Waals surface area contributed by atoms with Gasteiger partial charge in [0.1, 0.15) is 17.6 Å². The van der Waals surface area contributed by atoms with Gasteiger partial charge in [0.2, 0.25) is 17.1 Å². The quantitative estimate of drug-likeness (QED) is 0.740. The molecule has 2 aliphatic heterocycles. The molecule has 2 saturated heterocycles. The van der Waals surface area contributed by atoms with E-state index in [4.69, 9.17) is 19.6 Å². The number of hydrogen-bond acceptors (Lipinski definition) is 7. The summed E-state index contributed by atoms with van der Waals surface area (Å²) in [4.78, 5) is 0. The van der Waals surface area contributed by atoms with Gasteiger partial charge in [-0.1, -0.05) is 36.8 Å². The van der Waals surface area contributed by atoms with Gasteiger partial charge < -0.3 is 14.2 Å². The first-order valence-corrected chi connectivity index (χ1v) is 10.6. The van der Waals surface area contributed by atoms with Gasteiger partial charge in [0.25, 0.3) is 0 Å². The minimum Gasteiger partial charge on any atom is -0.457 e. The van der Waals surface area contributed by atoms with Crippen molar-refractivity contribution in [1.82, 2.24) is 0 Å². The highest BCUT2D eigenvalue weighted by Crippen LogP contribution is 2.69. The molecule has 4 atom stereocenters. The van der Waals surface area contributed by atoms with Crippen molar-refractivity contribution >= 4 is 5.90 Å². The average molecular weight is 424 g/mol. The summed E-state index contributed by atoms with van der Waals surface area (Å²) in [7, 11) is 0. The molecular formula is C25H20N4O3. The van der Waals surface area contributed by atoms with Crippen molar-refractivity contribution in [3.63, 3.8) is 0 Å². The summed E-state index contributed by atoms with van der Waals surface area (Å²) in [6.07, 6.45) is 1.64. The van der Waals surface area contributed by atoms with Crippen LogP contribution in [0, 0.1) is 56.2 Å². The molecule has 0 amide bonds. The lowest BCUT2D eigenvalue weighted by Gasteiger charge is -2.51. The van der Waals surface area contributed by atoms with Crippen LogP contribution in [0.5, 0.6) is 11.5 Å². The van der Waals surface area contributed by atoms with Crippen LogP contribution < -0.4 is 4.74 Å². The van der Waals surface area contributed by atoms with Gasteiger partial charge in [0, 0.05) is 6.42 Å². The Morgan fingerprint density at radius 1 is 0.938 bits per heavy atom. The Morgan fingerprint density at radius 3 is 2.41 bits per heavy atom. The Hall–Kier alpha value is -3.86. The summed E-state index contributed by atoms with van der Waals surface area (Å²) >= 11 is 0. The number of nitrogens with one attached hydrogen (secondary N) is 1. The van der Waals surface area contributed by atoms with Crippen molar-refractivity contribution in [2.75, 3.05) is 0 Å². The fraction of sp³-hybridized carbons (Fsp3) is 0.360. The number of hydrogen-bond donors (Lipinski definition) is 1. The van der Waals surface area contributed by atoms with Gasteiger partial charge in [0.15, 0.2) is 5.41 Å². The van der Waals surface area contributed by atoms with Gasteiger partial charge >= 0.3 is 0 Å². The average Bonchev–Trinajstić information content (AvgIpc) is 3.04. The molecule has 4 unspecified atom stereocenters. The van der Waals surface area contributed by atoms with E-state index in [1.54, 1.807) is 24.3 Å². The summed E-state index contributed by atoms with van der Waals surface area (Å²) in [6, 6.07) is 22.6. The van der Waals surface area contributed by atoms with E-state index in [9.17, 15) is 15.8 Å². The predicted octanol–water partition coefficient (Wildman–Crippen LogP) is 4.99. The molecule has 1 aliphatic carbocycles. The van der Waals surface area contributed by atoms with E-state index in [2.05, 4.69) is 18.2 Å². The number of benzene rings is 2. The van der Waals surface area contributed by atoms with Crippen LogP contribution in [0.1, 0.15) is 37.4 Å². The molecule has 7 nitrogen and oxygen atoms in total. The third kappa shape index (κ3) is 2.45. The minimum absolute atomic E-state index is 0.339. The lowest BCUT2D eigenvalue weighted by Crippen LogP contribution is -2.60. The monoisotopic (exact) mass is 424 g/mol. The van der Waals surface area contributed by atoms with E-state index >= 15 is 0 Å². The summed E-state index contributed by atoms with van der Waals surface area (Å²) < 4.78 is 18.3. The molecule has 0 aromatic heterocycles. The van der Waals surface area contributed by atoms with Gasteiger partial charge in [-0.2, -0.15) is 15.8 Å². The first-order chi connectivity index (χ1) is 15.5. The third-order valence-electron chi connectivity index (χ3n) is 6.96. The molecule has 7 heteroatoms. The van der Waals surface area contributed by atoms with Gasteiger partial charge in [-0.25, -0.2) is 0 Å². The molecular weight excluding hydrogens is 404 g/mol.